The molecular weight excluding hydrogens is 1060 g/mol. The molecule has 0 radical (unpaired) electrons. The zero-order chi connectivity index (χ0) is 63.9. The number of benzene rings is 4. The van der Waals surface area contributed by atoms with Gasteiger partial charge in [-0.05, 0) is 193 Å². The maximum Gasteiger partial charge on any atom is 0.163 e. The monoisotopic (exact) mass is 1170 g/mol. The van der Waals surface area contributed by atoms with Crippen LogP contribution in [0.3, 0.4) is 0 Å². The molecule has 4 aromatic carbocycles. The van der Waals surface area contributed by atoms with E-state index in [4.69, 9.17) is 37.9 Å². The summed E-state index contributed by atoms with van der Waals surface area (Å²) in [6, 6.07) is 18.4. The number of carbonyl (C=O) groups excluding carboxylic acids is 1. The number of aldehydes is 1. The molecule has 4 heterocycles. The lowest BCUT2D eigenvalue weighted by molar-refractivity contribution is -0.154. The van der Waals surface area contributed by atoms with Crippen LogP contribution in [0.15, 0.2) is 48.5 Å². The van der Waals surface area contributed by atoms with E-state index in [2.05, 4.69) is 195 Å². The molecule has 4 fully saturated rings. The second kappa shape index (κ2) is 20.4. The van der Waals surface area contributed by atoms with Crippen molar-refractivity contribution >= 4 is 6.29 Å². The van der Waals surface area contributed by atoms with E-state index >= 15 is 0 Å². The zero-order valence-corrected chi connectivity index (χ0v) is 58.5. The van der Waals surface area contributed by atoms with Gasteiger partial charge in [0.1, 0.15) is 6.29 Å². The minimum Gasteiger partial charge on any atom is -0.344 e. The Bertz CT molecular complexity index is 2890. The van der Waals surface area contributed by atoms with Crippen molar-refractivity contribution in [3.8, 4) is 0 Å². The molecule has 85 heavy (non-hydrogen) atoms. The van der Waals surface area contributed by atoms with Gasteiger partial charge in [-0.2, -0.15) is 0 Å². The average Bonchev–Trinajstić information content (AvgIpc) is 1.76. The van der Waals surface area contributed by atoms with Crippen molar-refractivity contribution in [2.45, 2.75) is 330 Å². The number of rotatable bonds is 1. The van der Waals surface area contributed by atoms with Crippen LogP contribution in [-0.4, -0.2) is 78.3 Å². The Hall–Kier alpha value is -3.77. The van der Waals surface area contributed by atoms with Gasteiger partial charge in [0.25, 0.3) is 0 Å². The molecule has 12 rings (SSSR count). The van der Waals surface area contributed by atoms with E-state index in [9.17, 15) is 4.79 Å². The first-order valence-corrected chi connectivity index (χ1v) is 31.8. The van der Waals surface area contributed by atoms with Crippen molar-refractivity contribution < 1.29 is 42.7 Å². The van der Waals surface area contributed by atoms with Crippen LogP contribution in [-0.2, 0) is 81.2 Å². The lowest BCUT2D eigenvalue weighted by atomic mass is 9.59. The van der Waals surface area contributed by atoms with Gasteiger partial charge in [0.2, 0.25) is 0 Å². The SMILES string of the molecule is Cc1cc2c(cc1C)C(C)(C)[C@@H]1OC(C)(C)OC1C2(C)C.Cc1cc2c(cc1C)C(C)(C)[C@@H]1OC(C)(C)OC1C2(C)C.Cc1cc2c(cc1C)C(C)(C)[C@@H]1OC(C)(C)OC1C2(C)C.Cc1cc2c(cc1C=O)C(C)(C)[C@@H]1OC(C)(C)OC1C2(C)C. The summed E-state index contributed by atoms with van der Waals surface area (Å²) >= 11 is 0. The molecule has 0 amide bonds. The summed E-state index contributed by atoms with van der Waals surface area (Å²) in [5.41, 5.74) is 20.3. The number of hydrogen-bond acceptors (Lipinski definition) is 9. The summed E-state index contributed by atoms with van der Waals surface area (Å²) in [5, 5.41) is 0. The first-order valence-electron chi connectivity index (χ1n) is 31.8. The molecule has 0 bridgehead atoms. The maximum atomic E-state index is 11.4. The number of ether oxygens (including phenoxy) is 8. The van der Waals surface area contributed by atoms with Crippen LogP contribution in [0, 0.1) is 48.5 Å². The molecule has 4 unspecified atom stereocenters. The third-order valence-electron chi connectivity index (χ3n) is 22.1. The van der Waals surface area contributed by atoms with Crippen molar-refractivity contribution in [1.82, 2.24) is 0 Å². The maximum absolute atomic E-state index is 11.4. The Kier molecular flexibility index (Phi) is 15.7. The van der Waals surface area contributed by atoms with E-state index in [0.717, 1.165) is 17.4 Å². The smallest absolute Gasteiger partial charge is 0.163 e. The first-order chi connectivity index (χ1) is 38.4. The average molecular weight is 1170 g/mol. The van der Waals surface area contributed by atoms with E-state index in [-0.39, 0.29) is 92.2 Å². The molecule has 0 saturated carbocycles. The van der Waals surface area contributed by atoms with Crippen LogP contribution in [0.5, 0.6) is 0 Å². The topological polar surface area (TPSA) is 90.9 Å². The first kappa shape index (κ1) is 65.7. The second-order valence-corrected chi connectivity index (χ2v) is 33.5. The van der Waals surface area contributed by atoms with Gasteiger partial charge in [-0.15, -0.1) is 0 Å². The highest BCUT2D eigenvalue weighted by Crippen LogP contribution is 2.58. The van der Waals surface area contributed by atoms with Gasteiger partial charge in [-0.1, -0.05) is 153 Å². The fourth-order valence-corrected chi connectivity index (χ4v) is 16.0. The summed E-state index contributed by atoms with van der Waals surface area (Å²) in [5.74, 6) is -2.09. The van der Waals surface area contributed by atoms with Gasteiger partial charge < -0.3 is 37.9 Å². The minimum absolute atomic E-state index is 0.00600. The molecule has 9 nitrogen and oxygen atoms in total. The Morgan fingerprint density at radius 3 is 0.506 bits per heavy atom. The van der Waals surface area contributed by atoms with Crippen molar-refractivity contribution in [2.24, 2.45) is 0 Å². The number of aryl methyl sites for hydroxylation is 7. The molecule has 4 aliphatic carbocycles. The molecule has 0 N–H and O–H groups in total. The molecule has 8 atom stereocenters. The summed E-state index contributed by atoms with van der Waals surface area (Å²) in [6.07, 6.45) is 1.50. The third-order valence-corrected chi connectivity index (χ3v) is 22.1. The zero-order valence-electron chi connectivity index (χ0n) is 58.5. The van der Waals surface area contributed by atoms with Crippen LogP contribution in [0.4, 0.5) is 0 Å². The van der Waals surface area contributed by atoms with Crippen molar-refractivity contribution in [2.75, 3.05) is 0 Å². The predicted molar refractivity (Wildman–Crippen MR) is 344 cm³/mol. The Morgan fingerprint density at radius 1 is 0.235 bits per heavy atom. The predicted octanol–water partition coefficient (Wildman–Crippen LogP) is 17.1. The third kappa shape index (κ3) is 10.7. The number of carbonyl (C=O) groups is 1. The molecule has 4 aliphatic heterocycles. The molecule has 0 spiro atoms. The van der Waals surface area contributed by atoms with E-state index in [0.29, 0.717) is 0 Å². The Labute approximate surface area is 514 Å². The van der Waals surface area contributed by atoms with Crippen molar-refractivity contribution in [1.29, 1.82) is 0 Å². The standard InChI is InChI=1S/C19H26O3.3C19H28O2/c1-11-8-13-14(9-12(11)10-20)18(4,5)16-15(17(13,2)3)21-19(6,7)22-16;3*1-11-9-13-14(10-12(11)2)18(5,6)16-15(17(13,3)4)20-19(7,8)21-16/h8-10,15-16H,1-7H3;3*9-10,15-16H,1-8H3/t15?,16-;3*15-,16?/m1111/s1. The fraction of sp³-hybridized carbons (Fsp3) is 0.671. The van der Waals surface area contributed by atoms with Crippen LogP contribution >= 0.6 is 0 Å². The number of hydrogen-bond donors (Lipinski definition) is 0. The van der Waals surface area contributed by atoms with E-state index in [1.165, 1.54) is 77.9 Å². The summed E-state index contributed by atoms with van der Waals surface area (Å²) in [7, 11) is 0. The van der Waals surface area contributed by atoms with Crippen molar-refractivity contribution in [3.05, 3.63) is 138 Å². The molecule has 4 aromatic rings. The van der Waals surface area contributed by atoms with E-state index < -0.39 is 23.1 Å². The van der Waals surface area contributed by atoms with Gasteiger partial charge in [-0.25, -0.2) is 0 Å². The van der Waals surface area contributed by atoms with E-state index in [1.807, 2.05) is 68.4 Å². The van der Waals surface area contributed by atoms with E-state index in [1.54, 1.807) is 0 Å². The van der Waals surface area contributed by atoms with Crippen LogP contribution < -0.4 is 0 Å². The van der Waals surface area contributed by atoms with Gasteiger partial charge in [0, 0.05) is 48.9 Å². The summed E-state index contributed by atoms with van der Waals surface area (Å²) in [4.78, 5) is 11.4. The Morgan fingerprint density at radius 2 is 0.365 bits per heavy atom. The fourth-order valence-electron chi connectivity index (χ4n) is 16.0. The highest BCUT2D eigenvalue weighted by atomic mass is 16.8. The lowest BCUT2D eigenvalue weighted by Gasteiger charge is -2.48. The molecule has 468 valence electrons. The molecular formula is C76H110O9. The van der Waals surface area contributed by atoms with Gasteiger partial charge in [0.15, 0.2) is 23.1 Å². The highest BCUT2D eigenvalue weighted by Gasteiger charge is 2.63. The normalized spacial score (nSPS) is 31.3. The Balaban J connectivity index is 0.000000136. The van der Waals surface area contributed by atoms with Gasteiger partial charge >= 0.3 is 0 Å². The molecule has 9 heteroatoms. The van der Waals surface area contributed by atoms with Crippen molar-refractivity contribution in [3.63, 3.8) is 0 Å². The molecule has 8 aliphatic rings. The summed E-state index contributed by atoms with van der Waals surface area (Å²) in [6.45, 7) is 67.6. The van der Waals surface area contributed by atoms with Gasteiger partial charge in [-0.3, -0.25) is 4.79 Å². The lowest BCUT2D eigenvalue weighted by Crippen LogP contribution is -2.54. The second-order valence-electron chi connectivity index (χ2n) is 33.5. The molecule has 4 saturated heterocycles. The minimum atomic E-state index is -0.575. The van der Waals surface area contributed by atoms with Gasteiger partial charge in [0.05, 0.1) is 48.8 Å². The largest absolute Gasteiger partial charge is 0.344 e. The summed E-state index contributed by atoms with van der Waals surface area (Å²) < 4.78 is 50.4. The van der Waals surface area contributed by atoms with Crippen LogP contribution in [0.1, 0.15) is 260 Å². The molecule has 0 aromatic heterocycles. The highest BCUT2D eigenvalue weighted by molar-refractivity contribution is 5.78. The number of fused-ring (bicyclic) bond motifs is 8. The van der Waals surface area contributed by atoms with Crippen LogP contribution in [0.2, 0.25) is 0 Å². The van der Waals surface area contributed by atoms with Crippen LogP contribution in [0.25, 0.3) is 0 Å². The quantitative estimate of drug-likeness (QED) is 0.173.